The molecule has 0 saturated carbocycles. The molecule has 2 rings (SSSR count). The lowest BCUT2D eigenvalue weighted by atomic mass is 10.4. The van der Waals surface area contributed by atoms with Crippen LogP contribution in [0.25, 0.3) is 0 Å². The fourth-order valence-corrected chi connectivity index (χ4v) is 5.42. The van der Waals surface area contributed by atoms with Crippen LogP contribution in [-0.4, -0.2) is 21.4 Å². The van der Waals surface area contributed by atoms with Crippen LogP contribution < -0.4 is 10.4 Å². The predicted molar refractivity (Wildman–Crippen MR) is 89.9 cm³/mol. The van der Waals surface area contributed by atoms with Gasteiger partial charge in [-0.05, 0) is 12.5 Å². The van der Waals surface area contributed by atoms with E-state index in [4.69, 9.17) is 4.74 Å². The summed E-state index contributed by atoms with van der Waals surface area (Å²) in [5, 5.41) is 2.86. The maximum Gasteiger partial charge on any atom is 0.330 e. The Morgan fingerprint density at radius 3 is 2.00 bits per heavy atom. The molecule has 0 fully saturated rings. The first-order chi connectivity index (χ1) is 10.3. The Labute approximate surface area is 127 Å². The summed E-state index contributed by atoms with van der Waals surface area (Å²) in [5.74, 6) is -0.340. The lowest BCUT2D eigenvalue weighted by Crippen LogP contribution is -2.42. The Kier molecular flexibility index (Phi) is 5.97. The van der Waals surface area contributed by atoms with Crippen LogP contribution in [0.2, 0.25) is 6.04 Å². The van der Waals surface area contributed by atoms with Gasteiger partial charge in [-0.15, -0.1) is 0 Å². The van der Waals surface area contributed by atoms with E-state index in [1.165, 1.54) is 16.4 Å². The van der Waals surface area contributed by atoms with Gasteiger partial charge in [0.25, 0.3) is 0 Å². The van der Waals surface area contributed by atoms with Crippen molar-refractivity contribution in [1.29, 1.82) is 0 Å². The van der Waals surface area contributed by atoms with Crippen LogP contribution >= 0.6 is 0 Å². The lowest BCUT2D eigenvalue weighted by Gasteiger charge is -2.16. The zero-order valence-corrected chi connectivity index (χ0v) is 13.2. The van der Waals surface area contributed by atoms with Crippen molar-refractivity contribution in [3.05, 3.63) is 73.3 Å². The Morgan fingerprint density at radius 2 is 1.52 bits per heavy atom. The van der Waals surface area contributed by atoms with Crippen molar-refractivity contribution >= 4 is 25.1 Å². The van der Waals surface area contributed by atoms with Gasteiger partial charge in [0.15, 0.2) is 0 Å². The van der Waals surface area contributed by atoms with E-state index in [-0.39, 0.29) is 5.97 Å². The third kappa shape index (κ3) is 4.72. The average Bonchev–Trinajstić information content (AvgIpc) is 2.56. The molecule has 2 aromatic carbocycles. The Balaban J connectivity index is 2.03. The number of esters is 1. The first kappa shape index (κ1) is 15.3. The smallest absolute Gasteiger partial charge is 0.330 e. The summed E-state index contributed by atoms with van der Waals surface area (Å²) < 4.78 is 5.08. The number of hydrogen-bond donors (Lipinski definition) is 0. The van der Waals surface area contributed by atoms with Gasteiger partial charge in [-0.1, -0.05) is 77.6 Å². The molecule has 3 heteroatoms. The van der Waals surface area contributed by atoms with E-state index in [1.54, 1.807) is 0 Å². The van der Waals surface area contributed by atoms with Crippen molar-refractivity contribution in [3.63, 3.8) is 0 Å². The average molecular weight is 296 g/mol. The molecule has 0 bridgehead atoms. The topological polar surface area (TPSA) is 26.3 Å². The van der Waals surface area contributed by atoms with Crippen molar-refractivity contribution in [2.75, 3.05) is 6.61 Å². The SMILES string of the molecule is C=CC(=O)OCCC[SiH](c1ccccc1)c1ccccc1. The van der Waals surface area contributed by atoms with Crippen molar-refractivity contribution < 1.29 is 9.53 Å². The first-order valence-corrected chi connectivity index (χ1v) is 9.17. The number of ether oxygens (including phenoxy) is 1. The minimum atomic E-state index is -1.24. The Morgan fingerprint density at radius 1 is 1.00 bits per heavy atom. The molecule has 0 N–H and O–H groups in total. The molecule has 0 aromatic heterocycles. The molecule has 21 heavy (non-hydrogen) atoms. The van der Waals surface area contributed by atoms with Crippen LogP contribution in [0.4, 0.5) is 0 Å². The standard InChI is InChI=1S/C18H20O2Si/c1-2-18(19)20-14-9-15-21(16-10-5-3-6-11-16)17-12-7-4-8-13-17/h2-8,10-13,21H,1,9,14-15H2. The van der Waals surface area contributed by atoms with Crippen LogP contribution in [0.5, 0.6) is 0 Å². The molecule has 0 amide bonds. The molecule has 0 heterocycles. The zero-order chi connectivity index (χ0) is 14.9. The van der Waals surface area contributed by atoms with Gasteiger partial charge in [-0.25, -0.2) is 4.79 Å². The second-order valence-corrected chi connectivity index (χ2v) is 7.90. The highest BCUT2D eigenvalue weighted by atomic mass is 28.3. The number of carbonyl (C=O) groups is 1. The van der Waals surface area contributed by atoms with Gasteiger partial charge in [0, 0.05) is 6.08 Å². The van der Waals surface area contributed by atoms with E-state index in [2.05, 4.69) is 55.1 Å². The molecule has 0 atom stereocenters. The highest BCUT2D eigenvalue weighted by molar-refractivity contribution is 6.85. The molecule has 108 valence electrons. The Hall–Kier alpha value is -2.13. The van der Waals surface area contributed by atoms with Crippen LogP contribution in [0, 0.1) is 0 Å². The molecule has 0 aliphatic heterocycles. The van der Waals surface area contributed by atoms with Crippen molar-refractivity contribution in [1.82, 2.24) is 0 Å². The second-order valence-electron chi connectivity index (χ2n) is 4.89. The number of hydrogen-bond acceptors (Lipinski definition) is 2. The van der Waals surface area contributed by atoms with Crippen molar-refractivity contribution in [2.24, 2.45) is 0 Å². The maximum atomic E-state index is 11.1. The minimum absolute atomic E-state index is 0.340. The fourth-order valence-electron chi connectivity index (χ4n) is 2.42. The highest BCUT2D eigenvalue weighted by Gasteiger charge is 2.15. The molecule has 2 aromatic rings. The highest BCUT2D eigenvalue weighted by Crippen LogP contribution is 2.02. The van der Waals surface area contributed by atoms with Gasteiger partial charge in [-0.3, -0.25) is 0 Å². The van der Waals surface area contributed by atoms with Crippen LogP contribution in [0.3, 0.4) is 0 Å². The van der Waals surface area contributed by atoms with E-state index >= 15 is 0 Å². The third-order valence-corrected chi connectivity index (χ3v) is 6.82. The van der Waals surface area contributed by atoms with Gasteiger partial charge in [-0.2, -0.15) is 0 Å². The Bertz CT molecular complexity index is 527. The molecular weight excluding hydrogens is 276 g/mol. The summed E-state index contributed by atoms with van der Waals surface area (Å²) in [5.41, 5.74) is 0. The van der Waals surface area contributed by atoms with E-state index in [1.807, 2.05) is 12.1 Å². The molecule has 0 unspecified atom stereocenters. The normalized spacial score (nSPS) is 10.3. The maximum absolute atomic E-state index is 11.1. The molecule has 0 saturated heterocycles. The van der Waals surface area contributed by atoms with Gasteiger partial charge in [0.1, 0.15) is 8.80 Å². The van der Waals surface area contributed by atoms with Crippen LogP contribution in [0.1, 0.15) is 6.42 Å². The zero-order valence-electron chi connectivity index (χ0n) is 12.1. The quantitative estimate of drug-likeness (QED) is 0.339. The first-order valence-electron chi connectivity index (χ1n) is 7.20. The van der Waals surface area contributed by atoms with Crippen LogP contribution in [0.15, 0.2) is 73.3 Å². The van der Waals surface area contributed by atoms with E-state index in [9.17, 15) is 4.79 Å². The van der Waals surface area contributed by atoms with Crippen molar-refractivity contribution in [2.45, 2.75) is 12.5 Å². The summed E-state index contributed by atoms with van der Waals surface area (Å²) in [6.07, 6.45) is 2.10. The number of benzene rings is 2. The van der Waals surface area contributed by atoms with Gasteiger partial charge in [0.2, 0.25) is 0 Å². The monoisotopic (exact) mass is 296 g/mol. The molecule has 0 aliphatic carbocycles. The van der Waals surface area contributed by atoms with E-state index < -0.39 is 8.80 Å². The van der Waals surface area contributed by atoms with E-state index in [0.29, 0.717) is 6.61 Å². The summed E-state index contributed by atoms with van der Waals surface area (Å²) in [7, 11) is -1.24. The summed E-state index contributed by atoms with van der Waals surface area (Å²) in [6.45, 7) is 3.87. The van der Waals surface area contributed by atoms with Crippen molar-refractivity contribution in [3.8, 4) is 0 Å². The minimum Gasteiger partial charge on any atom is -0.463 e. The molecule has 2 nitrogen and oxygen atoms in total. The third-order valence-electron chi connectivity index (χ3n) is 3.45. The van der Waals surface area contributed by atoms with Gasteiger partial charge >= 0.3 is 5.97 Å². The van der Waals surface area contributed by atoms with E-state index in [0.717, 1.165) is 12.5 Å². The fraction of sp³-hybridized carbons (Fsp3) is 0.167. The summed E-state index contributed by atoms with van der Waals surface area (Å²) in [4.78, 5) is 11.1. The molecule has 0 spiro atoms. The summed E-state index contributed by atoms with van der Waals surface area (Å²) in [6, 6.07) is 22.4. The van der Waals surface area contributed by atoms with Gasteiger partial charge < -0.3 is 4.74 Å². The predicted octanol–water partition coefficient (Wildman–Crippen LogP) is 2.15. The van der Waals surface area contributed by atoms with Gasteiger partial charge in [0.05, 0.1) is 6.61 Å². The number of rotatable bonds is 7. The molecule has 0 radical (unpaired) electrons. The molecular formula is C18H20O2Si. The largest absolute Gasteiger partial charge is 0.463 e. The molecule has 0 aliphatic rings. The second kappa shape index (κ2) is 8.22. The lowest BCUT2D eigenvalue weighted by molar-refractivity contribution is -0.137. The number of carbonyl (C=O) groups excluding carboxylic acids is 1. The van der Waals surface area contributed by atoms with Crippen LogP contribution in [-0.2, 0) is 9.53 Å². The summed E-state index contributed by atoms with van der Waals surface area (Å²) >= 11 is 0.